The van der Waals surface area contributed by atoms with Crippen molar-refractivity contribution in [2.45, 2.75) is 26.2 Å². The van der Waals surface area contributed by atoms with Crippen molar-refractivity contribution in [1.29, 1.82) is 0 Å². The fourth-order valence-electron chi connectivity index (χ4n) is 2.56. The van der Waals surface area contributed by atoms with Crippen LogP contribution in [0.1, 0.15) is 24.0 Å². The molecule has 1 aromatic rings. The average Bonchev–Trinajstić information content (AvgIpc) is 2.35. The molecule has 3 heteroatoms. The quantitative estimate of drug-likeness (QED) is 0.924. The van der Waals surface area contributed by atoms with Gasteiger partial charge in [0, 0.05) is 0 Å². The Morgan fingerprint density at radius 3 is 2.94 bits per heavy atom. The van der Waals surface area contributed by atoms with Crippen LogP contribution < -0.4 is 10.1 Å². The van der Waals surface area contributed by atoms with Crippen LogP contribution in [0.25, 0.3) is 0 Å². The molecule has 17 heavy (non-hydrogen) atoms. The van der Waals surface area contributed by atoms with Crippen molar-refractivity contribution in [3.63, 3.8) is 0 Å². The summed E-state index contributed by atoms with van der Waals surface area (Å²) in [6, 6.07) is 4.23. The van der Waals surface area contributed by atoms with Crippen molar-refractivity contribution in [1.82, 2.24) is 5.32 Å². The van der Waals surface area contributed by atoms with Crippen molar-refractivity contribution in [3.05, 3.63) is 27.7 Å². The molecule has 0 spiro atoms. The fourth-order valence-corrected chi connectivity index (χ4v) is 3.09. The maximum absolute atomic E-state index is 5.53. The van der Waals surface area contributed by atoms with E-state index in [2.05, 4.69) is 40.3 Å². The van der Waals surface area contributed by atoms with Gasteiger partial charge in [0.2, 0.25) is 0 Å². The maximum Gasteiger partial charge on any atom is 0.136 e. The van der Waals surface area contributed by atoms with E-state index in [9.17, 15) is 0 Å². The summed E-state index contributed by atoms with van der Waals surface area (Å²) >= 11 is 3.57. The van der Waals surface area contributed by atoms with Crippen LogP contribution in [0, 0.1) is 12.8 Å². The highest BCUT2D eigenvalue weighted by Gasteiger charge is 2.18. The molecule has 1 atom stereocenters. The van der Waals surface area contributed by atoms with Crippen LogP contribution in [0.2, 0.25) is 0 Å². The standard InChI is InChI=1S/C14H20BrNO/c1-10-5-6-13(15)14(17-2)12(10)8-11-4-3-7-16-9-11/h5-6,11,16H,3-4,7-9H2,1-2H3. The Morgan fingerprint density at radius 1 is 1.47 bits per heavy atom. The lowest BCUT2D eigenvalue weighted by Gasteiger charge is -2.24. The monoisotopic (exact) mass is 297 g/mol. The van der Waals surface area contributed by atoms with E-state index in [0.717, 1.165) is 29.1 Å². The number of rotatable bonds is 3. The highest BCUT2D eigenvalue weighted by Crippen LogP contribution is 2.33. The van der Waals surface area contributed by atoms with Gasteiger partial charge in [-0.2, -0.15) is 0 Å². The van der Waals surface area contributed by atoms with Gasteiger partial charge in [0.1, 0.15) is 5.75 Å². The number of ether oxygens (including phenoxy) is 1. The van der Waals surface area contributed by atoms with Crippen LogP contribution in [0.4, 0.5) is 0 Å². The predicted octanol–water partition coefficient (Wildman–Crippen LogP) is 3.31. The lowest BCUT2D eigenvalue weighted by molar-refractivity contribution is 0.362. The minimum Gasteiger partial charge on any atom is -0.495 e. The van der Waals surface area contributed by atoms with Crippen molar-refractivity contribution in [2.24, 2.45) is 5.92 Å². The van der Waals surface area contributed by atoms with Gasteiger partial charge in [-0.1, -0.05) is 6.07 Å². The van der Waals surface area contributed by atoms with Gasteiger partial charge in [-0.15, -0.1) is 0 Å². The maximum atomic E-state index is 5.53. The molecule has 0 saturated carbocycles. The van der Waals surface area contributed by atoms with Crippen LogP contribution in [-0.4, -0.2) is 20.2 Å². The van der Waals surface area contributed by atoms with E-state index in [1.54, 1.807) is 7.11 Å². The molecule has 1 aliphatic heterocycles. The summed E-state index contributed by atoms with van der Waals surface area (Å²) in [5, 5.41) is 3.47. The Balaban J connectivity index is 2.21. The van der Waals surface area contributed by atoms with Crippen LogP contribution in [0.3, 0.4) is 0 Å². The van der Waals surface area contributed by atoms with Gasteiger partial charge in [-0.3, -0.25) is 0 Å². The van der Waals surface area contributed by atoms with Gasteiger partial charge in [-0.25, -0.2) is 0 Å². The Labute approximate surface area is 112 Å². The van der Waals surface area contributed by atoms with E-state index in [-0.39, 0.29) is 0 Å². The van der Waals surface area contributed by atoms with Gasteiger partial charge < -0.3 is 10.1 Å². The summed E-state index contributed by atoms with van der Waals surface area (Å²) in [5.41, 5.74) is 2.69. The first-order chi connectivity index (χ1) is 8.22. The first-order valence-corrected chi connectivity index (χ1v) is 7.04. The molecule has 0 amide bonds. The summed E-state index contributed by atoms with van der Waals surface area (Å²) < 4.78 is 6.59. The molecular weight excluding hydrogens is 278 g/mol. The molecule has 1 N–H and O–H groups in total. The smallest absolute Gasteiger partial charge is 0.136 e. The van der Waals surface area contributed by atoms with Gasteiger partial charge >= 0.3 is 0 Å². The number of benzene rings is 1. The van der Waals surface area contributed by atoms with E-state index in [1.165, 1.54) is 30.5 Å². The lowest BCUT2D eigenvalue weighted by Crippen LogP contribution is -2.31. The van der Waals surface area contributed by atoms with Crippen LogP contribution in [0.5, 0.6) is 5.75 Å². The lowest BCUT2D eigenvalue weighted by atomic mass is 9.90. The van der Waals surface area contributed by atoms with Gasteiger partial charge in [0.15, 0.2) is 0 Å². The van der Waals surface area contributed by atoms with E-state index in [1.807, 2.05) is 0 Å². The minimum atomic E-state index is 0.741. The summed E-state index contributed by atoms with van der Waals surface area (Å²) in [6.07, 6.45) is 3.73. The number of piperidine rings is 1. The van der Waals surface area contributed by atoms with Gasteiger partial charge in [-0.05, 0) is 78.3 Å². The summed E-state index contributed by atoms with van der Waals surface area (Å²) in [5.74, 6) is 1.75. The summed E-state index contributed by atoms with van der Waals surface area (Å²) in [7, 11) is 1.75. The molecule has 0 bridgehead atoms. The topological polar surface area (TPSA) is 21.3 Å². The zero-order valence-corrected chi connectivity index (χ0v) is 12.1. The predicted molar refractivity (Wildman–Crippen MR) is 74.7 cm³/mol. The second kappa shape index (κ2) is 5.87. The molecule has 2 rings (SSSR count). The molecule has 94 valence electrons. The molecule has 1 aromatic carbocycles. The SMILES string of the molecule is COc1c(Br)ccc(C)c1CC1CCCNC1. The minimum absolute atomic E-state index is 0.741. The number of halogens is 1. The number of methoxy groups -OCH3 is 1. The fraction of sp³-hybridized carbons (Fsp3) is 0.571. The largest absolute Gasteiger partial charge is 0.495 e. The van der Waals surface area contributed by atoms with Crippen molar-refractivity contribution in [2.75, 3.05) is 20.2 Å². The highest BCUT2D eigenvalue weighted by molar-refractivity contribution is 9.10. The Bertz CT molecular complexity index is 386. The van der Waals surface area contributed by atoms with E-state index >= 15 is 0 Å². The zero-order valence-electron chi connectivity index (χ0n) is 10.6. The molecule has 1 heterocycles. The Morgan fingerprint density at radius 2 is 2.29 bits per heavy atom. The molecule has 0 aliphatic carbocycles. The molecule has 1 aliphatic rings. The van der Waals surface area contributed by atoms with E-state index in [0.29, 0.717) is 0 Å². The van der Waals surface area contributed by atoms with E-state index in [4.69, 9.17) is 4.74 Å². The van der Waals surface area contributed by atoms with Crippen molar-refractivity contribution < 1.29 is 4.74 Å². The summed E-state index contributed by atoms with van der Waals surface area (Å²) in [4.78, 5) is 0. The highest BCUT2D eigenvalue weighted by atomic mass is 79.9. The zero-order chi connectivity index (χ0) is 12.3. The normalized spacial score (nSPS) is 20.3. The molecule has 1 saturated heterocycles. The Hall–Kier alpha value is -0.540. The molecular formula is C14H20BrNO. The number of hydrogen-bond donors (Lipinski definition) is 1. The third-order valence-electron chi connectivity index (χ3n) is 3.54. The van der Waals surface area contributed by atoms with Crippen LogP contribution >= 0.6 is 15.9 Å². The summed E-state index contributed by atoms with van der Waals surface area (Å²) in [6.45, 7) is 4.47. The van der Waals surface area contributed by atoms with Gasteiger partial charge in [0.05, 0.1) is 11.6 Å². The molecule has 1 fully saturated rings. The third-order valence-corrected chi connectivity index (χ3v) is 4.17. The second-order valence-electron chi connectivity index (χ2n) is 4.79. The first kappa shape index (κ1) is 12.9. The second-order valence-corrected chi connectivity index (χ2v) is 5.65. The first-order valence-electron chi connectivity index (χ1n) is 6.25. The van der Waals surface area contributed by atoms with Gasteiger partial charge in [0.25, 0.3) is 0 Å². The molecule has 2 nitrogen and oxygen atoms in total. The van der Waals surface area contributed by atoms with Crippen molar-refractivity contribution >= 4 is 15.9 Å². The number of hydrogen-bond acceptors (Lipinski definition) is 2. The Kier molecular flexibility index (Phi) is 4.46. The molecule has 0 aromatic heterocycles. The van der Waals surface area contributed by atoms with Crippen molar-refractivity contribution in [3.8, 4) is 5.75 Å². The van der Waals surface area contributed by atoms with Crippen LogP contribution in [-0.2, 0) is 6.42 Å². The third kappa shape index (κ3) is 3.02. The average molecular weight is 298 g/mol. The molecule has 1 unspecified atom stereocenters. The van der Waals surface area contributed by atoms with E-state index < -0.39 is 0 Å². The number of nitrogens with one attached hydrogen (secondary N) is 1. The van der Waals surface area contributed by atoms with Crippen LogP contribution in [0.15, 0.2) is 16.6 Å². The number of aryl methyl sites for hydroxylation is 1. The molecule has 0 radical (unpaired) electrons.